The summed E-state index contributed by atoms with van der Waals surface area (Å²) in [7, 11) is 0. The van der Waals surface area contributed by atoms with Gasteiger partial charge in [0.2, 0.25) is 0 Å². The third kappa shape index (κ3) is 2.36. The summed E-state index contributed by atoms with van der Waals surface area (Å²) in [6.07, 6.45) is 1.74. The van der Waals surface area contributed by atoms with Gasteiger partial charge in [-0.2, -0.15) is 0 Å². The van der Waals surface area contributed by atoms with Gasteiger partial charge in [0.25, 0.3) is 0 Å². The third-order valence-electron chi connectivity index (χ3n) is 2.90. The number of furan rings is 1. The smallest absolute Gasteiger partial charge is 0.304 e. The van der Waals surface area contributed by atoms with Gasteiger partial charge in [0, 0.05) is 10.8 Å². The van der Waals surface area contributed by atoms with Crippen LogP contribution in [0.25, 0.3) is 11.0 Å². The summed E-state index contributed by atoms with van der Waals surface area (Å²) in [6.45, 7) is 3.85. The molecular formula is C13H13BrO3. The number of hydrogen-bond donors (Lipinski definition) is 1. The maximum Gasteiger partial charge on any atom is 0.304 e. The van der Waals surface area contributed by atoms with Crippen LogP contribution < -0.4 is 0 Å². The fourth-order valence-corrected chi connectivity index (χ4v) is 2.30. The maximum absolute atomic E-state index is 10.8. The van der Waals surface area contributed by atoms with E-state index in [0.717, 1.165) is 21.0 Å². The fraction of sp³-hybridized carbons (Fsp3) is 0.308. The molecule has 1 heterocycles. The molecule has 0 unspecified atom stereocenters. The van der Waals surface area contributed by atoms with Gasteiger partial charge in [0.15, 0.2) is 0 Å². The Bertz CT molecular complexity index is 569. The first kappa shape index (κ1) is 12.2. The molecule has 0 bridgehead atoms. The molecule has 0 aliphatic heterocycles. The third-order valence-corrected chi connectivity index (χ3v) is 3.51. The molecule has 0 aliphatic rings. The topological polar surface area (TPSA) is 50.4 Å². The van der Waals surface area contributed by atoms with Crippen LogP contribution in [0, 0.1) is 0 Å². The Hall–Kier alpha value is -1.29. The minimum absolute atomic E-state index is 0.105. The zero-order valence-electron chi connectivity index (χ0n) is 9.66. The highest BCUT2D eigenvalue weighted by molar-refractivity contribution is 9.10. The van der Waals surface area contributed by atoms with Crippen molar-refractivity contribution < 1.29 is 14.3 Å². The van der Waals surface area contributed by atoms with Crippen molar-refractivity contribution >= 4 is 32.9 Å². The lowest BCUT2D eigenvalue weighted by Crippen LogP contribution is -2.21. The number of carboxylic acid groups (broad SMARTS) is 1. The van der Waals surface area contributed by atoms with E-state index >= 15 is 0 Å². The van der Waals surface area contributed by atoms with Gasteiger partial charge in [-0.25, -0.2) is 0 Å². The van der Waals surface area contributed by atoms with E-state index in [4.69, 9.17) is 9.52 Å². The molecule has 0 saturated heterocycles. The van der Waals surface area contributed by atoms with Crippen LogP contribution in [0.5, 0.6) is 0 Å². The first-order valence-electron chi connectivity index (χ1n) is 5.29. The molecule has 0 spiro atoms. The second kappa shape index (κ2) is 4.18. The van der Waals surface area contributed by atoms with Crippen molar-refractivity contribution in [2.75, 3.05) is 0 Å². The molecule has 3 nitrogen and oxygen atoms in total. The van der Waals surface area contributed by atoms with E-state index in [-0.39, 0.29) is 6.42 Å². The van der Waals surface area contributed by atoms with Crippen molar-refractivity contribution in [1.29, 1.82) is 0 Å². The van der Waals surface area contributed by atoms with Crippen LogP contribution in [-0.2, 0) is 10.2 Å². The van der Waals surface area contributed by atoms with Crippen LogP contribution in [0.4, 0.5) is 0 Å². The molecule has 0 saturated carbocycles. The molecule has 17 heavy (non-hydrogen) atoms. The highest BCUT2D eigenvalue weighted by atomic mass is 79.9. The average Bonchev–Trinajstić information content (AvgIpc) is 2.58. The largest absolute Gasteiger partial charge is 0.481 e. The first-order chi connectivity index (χ1) is 7.90. The van der Waals surface area contributed by atoms with E-state index in [0.29, 0.717) is 0 Å². The highest BCUT2D eigenvalue weighted by Crippen LogP contribution is 2.33. The zero-order valence-corrected chi connectivity index (χ0v) is 11.2. The number of fused-ring (bicyclic) bond motifs is 1. The molecule has 0 radical (unpaired) electrons. The molecule has 0 aliphatic carbocycles. The molecule has 1 aromatic heterocycles. The lowest BCUT2D eigenvalue weighted by molar-refractivity contribution is -0.138. The van der Waals surface area contributed by atoms with Crippen LogP contribution >= 0.6 is 15.9 Å². The summed E-state index contributed by atoms with van der Waals surface area (Å²) < 4.78 is 6.22. The Morgan fingerprint density at radius 3 is 2.82 bits per heavy atom. The van der Waals surface area contributed by atoms with Crippen molar-refractivity contribution in [3.05, 3.63) is 34.5 Å². The summed E-state index contributed by atoms with van der Waals surface area (Å²) in [5.74, 6) is -0.790. The number of hydrogen-bond acceptors (Lipinski definition) is 2. The molecule has 2 aromatic rings. The summed E-state index contributed by atoms with van der Waals surface area (Å²) in [5, 5.41) is 9.88. The number of carbonyl (C=O) groups is 1. The lowest BCUT2D eigenvalue weighted by Gasteiger charge is -2.23. The number of benzene rings is 1. The first-order valence-corrected chi connectivity index (χ1v) is 6.08. The second-order valence-electron chi connectivity index (χ2n) is 4.75. The van der Waals surface area contributed by atoms with E-state index in [9.17, 15) is 4.79 Å². The molecule has 1 aromatic carbocycles. The van der Waals surface area contributed by atoms with Crippen molar-refractivity contribution in [3.8, 4) is 0 Å². The van der Waals surface area contributed by atoms with E-state index in [1.54, 1.807) is 6.26 Å². The Labute approximate surface area is 108 Å². The SMILES string of the molecule is CC(C)(CC(=O)O)c1ccc2occ(Br)c2c1. The predicted molar refractivity (Wildman–Crippen MR) is 69.2 cm³/mol. The lowest BCUT2D eigenvalue weighted by atomic mass is 9.81. The van der Waals surface area contributed by atoms with Gasteiger partial charge < -0.3 is 9.52 Å². The standard InChI is InChI=1S/C13H13BrO3/c1-13(2,6-12(15)16)8-3-4-11-9(5-8)10(14)7-17-11/h3-5,7H,6H2,1-2H3,(H,15,16). The number of carboxylic acids is 1. The number of aliphatic carboxylic acids is 1. The number of rotatable bonds is 3. The summed E-state index contributed by atoms with van der Waals surface area (Å²) >= 11 is 3.41. The molecule has 2 rings (SSSR count). The van der Waals surface area contributed by atoms with E-state index in [2.05, 4.69) is 15.9 Å². The Morgan fingerprint density at radius 1 is 1.47 bits per heavy atom. The van der Waals surface area contributed by atoms with Crippen molar-refractivity contribution in [2.45, 2.75) is 25.7 Å². The molecular weight excluding hydrogens is 284 g/mol. The van der Waals surface area contributed by atoms with Gasteiger partial charge in [0.05, 0.1) is 10.9 Å². The van der Waals surface area contributed by atoms with Gasteiger partial charge in [-0.05, 0) is 33.6 Å². The van der Waals surface area contributed by atoms with E-state index in [1.165, 1.54) is 0 Å². The molecule has 1 N–H and O–H groups in total. The van der Waals surface area contributed by atoms with Gasteiger partial charge in [-0.3, -0.25) is 4.79 Å². The summed E-state index contributed by atoms with van der Waals surface area (Å²) in [5.41, 5.74) is 1.40. The molecule has 0 amide bonds. The summed E-state index contributed by atoms with van der Waals surface area (Å²) in [4.78, 5) is 10.8. The maximum atomic E-state index is 10.8. The zero-order chi connectivity index (χ0) is 12.6. The van der Waals surface area contributed by atoms with Crippen molar-refractivity contribution in [2.24, 2.45) is 0 Å². The summed E-state index contributed by atoms with van der Waals surface area (Å²) in [6, 6.07) is 5.77. The van der Waals surface area contributed by atoms with Crippen LogP contribution in [0.3, 0.4) is 0 Å². The Kier molecular flexibility index (Phi) is 3.00. The normalized spacial score (nSPS) is 11.9. The van der Waals surface area contributed by atoms with Gasteiger partial charge in [0.1, 0.15) is 11.8 Å². The second-order valence-corrected chi connectivity index (χ2v) is 5.60. The monoisotopic (exact) mass is 296 g/mol. The van der Waals surface area contributed by atoms with E-state index in [1.807, 2.05) is 32.0 Å². The highest BCUT2D eigenvalue weighted by Gasteiger charge is 2.24. The van der Waals surface area contributed by atoms with Crippen LogP contribution in [0.2, 0.25) is 0 Å². The van der Waals surface area contributed by atoms with Gasteiger partial charge in [-0.1, -0.05) is 19.9 Å². The molecule has 0 fully saturated rings. The van der Waals surface area contributed by atoms with Gasteiger partial charge in [-0.15, -0.1) is 0 Å². The average molecular weight is 297 g/mol. The molecule has 0 atom stereocenters. The molecule has 90 valence electrons. The van der Waals surface area contributed by atoms with Crippen molar-refractivity contribution in [1.82, 2.24) is 0 Å². The van der Waals surface area contributed by atoms with E-state index < -0.39 is 11.4 Å². The van der Waals surface area contributed by atoms with Crippen molar-refractivity contribution in [3.63, 3.8) is 0 Å². The fourth-order valence-electron chi connectivity index (χ4n) is 1.90. The van der Waals surface area contributed by atoms with Crippen LogP contribution in [-0.4, -0.2) is 11.1 Å². The van der Waals surface area contributed by atoms with Crippen LogP contribution in [0.1, 0.15) is 25.8 Å². The molecule has 4 heteroatoms. The quantitative estimate of drug-likeness (QED) is 0.933. The minimum atomic E-state index is -0.790. The Balaban J connectivity index is 2.48. The Morgan fingerprint density at radius 2 is 2.18 bits per heavy atom. The minimum Gasteiger partial charge on any atom is -0.481 e. The van der Waals surface area contributed by atoms with Gasteiger partial charge >= 0.3 is 5.97 Å². The van der Waals surface area contributed by atoms with Crippen LogP contribution in [0.15, 0.2) is 33.4 Å². The predicted octanol–water partition coefficient (Wildman–Crippen LogP) is 3.95. The number of halogens is 1.